The van der Waals surface area contributed by atoms with Crippen LogP contribution in [0, 0.1) is 18.8 Å². The molecule has 0 atom stereocenters. The Morgan fingerprint density at radius 1 is 1.07 bits per heavy atom. The SMILES string of the molecule is Cc1c(CSc2nc3ccccc3[nH]2)cccc1SCCc1[c]ccc(F)c1. The lowest BCUT2D eigenvalue weighted by molar-refractivity contribution is 0.625. The summed E-state index contributed by atoms with van der Waals surface area (Å²) in [5.74, 6) is 1.58. The van der Waals surface area contributed by atoms with Crippen LogP contribution in [0.1, 0.15) is 16.7 Å². The first-order chi connectivity index (χ1) is 13.7. The fraction of sp³-hybridized carbons (Fsp3) is 0.174. The zero-order chi connectivity index (χ0) is 19.3. The molecule has 1 radical (unpaired) electrons. The number of aryl methyl sites for hydroxylation is 1. The van der Waals surface area contributed by atoms with Crippen molar-refractivity contribution < 1.29 is 4.39 Å². The van der Waals surface area contributed by atoms with E-state index < -0.39 is 0 Å². The number of para-hydroxylation sites is 2. The highest BCUT2D eigenvalue weighted by molar-refractivity contribution is 7.99. The molecule has 0 saturated carbocycles. The van der Waals surface area contributed by atoms with Gasteiger partial charge in [0.1, 0.15) is 5.82 Å². The minimum absolute atomic E-state index is 0.195. The average Bonchev–Trinajstić information content (AvgIpc) is 3.11. The summed E-state index contributed by atoms with van der Waals surface area (Å²) in [5, 5.41) is 0.945. The van der Waals surface area contributed by atoms with Crippen LogP contribution in [-0.2, 0) is 12.2 Å². The number of H-pyrrole nitrogens is 1. The fourth-order valence-electron chi connectivity index (χ4n) is 3.02. The molecular formula is C23H20FN2S2. The summed E-state index contributed by atoms with van der Waals surface area (Å²) < 4.78 is 13.3. The number of fused-ring (bicyclic) bond motifs is 1. The largest absolute Gasteiger partial charge is 0.333 e. The van der Waals surface area contributed by atoms with E-state index in [0.29, 0.717) is 0 Å². The Balaban J connectivity index is 1.38. The van der Waals surface area contributed by atoms with E-state index in [0.717, 1.165) is 39.7 Å². The molecule has 5 heteroatoms. The number of benzene rings is 3. The van der Waals surface area contributed by atoms with Gasteiger partial charge in [0.15, 0.2) is 5.16 Å². The zero-order valence-corrected chi connectivity index (χ0v) is 17.2. The highest BCUT2D eigenvalue weighted by atomic mass is 32.2. The Bertz CT molecular complexity index is 1060. The monoisotopic (exact) mass is 407 g/mol. The predicted octanol–water partition coefficient (Wildman–Crippen LogP) is 6.44. The second-order valence-electron chi connectivity index (χ2n) is 6.52. The molecule has 1 aromatic heterocycles. The van der Waals surface area contributed by atoms with E-state index >= 15 is 0 Å². The molecule has 4 aromatic rings. The standard InChI is InChI=1S/C23H20FN2S2/c1-16-18(15-28-23-25-20-9-2-3-10-21(20)26-23)7-5-11-22(16)27-13-12-17-6-4-8-19(24)14-17/h2-5,7-11,14H,12-13,15H2,1H3,(H,25,26). The minimum Gasteiger partial charge on any atom is -0.333 e. The van der Waals surface area contributed by atoms with Gasteiger partial charge in [-0.2, -0.15) is 0 Å². The third-order valence-electron chi connectivity index (χ3n) is 4.58. The normalized spacial score (nSPS) is 11.2. The molecule has 141 valence electrons. The number of imidazole rings is 1. The molecule has 0 bridgehead atoms. The summed E-state index contributed by atoms with van der Waals surface area (Å²) >= 11 is 3.53. The van der Waals surface area contributed by atoms with E-state index in [1.807, 2.05) is 36.0 Å². The van der Waals surface area contributed by atoms with Gasteiger partial charge < -0.3 is 4.98 Å². The maximum Gasteiger partial charge on any atom is 0.166 e. The lowest BCUT2D eigenvalue weighted by Crippen LogP contribution is -1.93. The van der Waals surface area contributed by atoms with Crippen molar-refractivity contribution in [2.75, 3.05) is 5.75 Å². The number of hydrogen-bond acceptors (Lipinski definition) is 3. The number of rotatable bonds is 7. The quantitative estimate of drug-likeness (QED) is 0.358. The third-order valence-corrected chi connectivity index (χ3v) is 6.66. The van der Waals surface area contributed by atoms with Crippen molar-refractivity contribution >= 4 is 34.6 Å². The molecule has 0 spiro atoms. The summed E-state index contributed by atoms with van der Waals surface area (Å²) in [5.41, 5.74) is 5.61. The van der Waals surface area contributed by atoms with Gasteiger partial charge in [0.2, 0.25) is 0 Å². The van der Waals surface area contributed by atoms with E-state index in [-0.39, 0.29) is 5.82 Å². The van der Waals surface area contributed by atoms with E-state index in [9.17, 15) is 4.39 Å². The van der Waals surface area contributed by atoms with Crippen LogP contribution in [0.15, 0.2) is 70.7 Å². The maximum atomic E-state index is 13.3. The summed E-state index contributed by atoms with van der Waals surface area (Å²) in [7, 11) is 0. The van der Waals surface area contributed by atoms with Crippen molar-refractivity contribution in [2.24, 2.45) is 0 Å². The Hall–Kier alpha value is -2.24. The van der Waals surface area contributed by atoms with Crippen molar-refractivity contribution in [3.8, 4) is 0 Å². The Morgan fingerprint density at radius 3 is 2.82 bits per heavy atom. The van der Waals surface area contributed by atoms with Crippen LogP contribution in [-0.4, -0.2) is 15.7 Å². The van der Waals surface area contributed by atoms with Gasteiger partial charge in [-0.3, -0.25) is 0 Å². The van der Waals surface area contributed by atoms with E-state index in [2.05, 4.69) is 41.2 Å². The Kier molecular flexibility index (Phi) is 6.03. The van der Waals surface area contributed by atoms with Crippen molar-refractivity contribution in [1.29, 1.82) is 0 Å². The summed E-state index contributed by atoms with van der Waals surface area (Å²) in [4.78, 5) is 9.28. The van der Waals surface area contributed by atoms with Crippen LogP contribution in [0.3, 0.4) is 0 Å². The smallest absolute Gasteiger partial charge is 0.166 e. The fourth-order valence-corrected chi connectivity index (χ4v) is 5.03. The molecule has 0 saturated heterocycles. The predicted molar refractivity (Wildman–Crippen MR) is 116 cm³/mol. The number of nitrogens with zero attached hydrogens (tertiary/aromatic N) is 1. The molecule has 0 fully saturated rings. The molecule has 0 unspecified atom stereocenters. The first-order valence-corrected chi connectivity index (χ1v) is 11.1. The molecule has 28 heavy (non-hydrogen) atoms. The topological polar surface area (TPSA) is 28.7 Å². The average molecular weight is 408 g/mol. The van der Waals surface area contributed by atoms with Crippen LogP contribution < -0.4 is 0 Å². The summed E-state index contributed by atoms with van der Waals surface area (Å²) in [6, 6.07) is 22.3. The van der Waals surface area contributed by atoms with Gasteiger partial charge in [0.05, 0.1) is 11.0 Å². The number of halogens is 1. The van der Waals surface area contributed by atoms with Gasteiger partial charge in [0.25, 0.3) is 0 Å². The first-order valence-electron chi connectivity index (χ1n) is 9.14. The van der Waals surface area contributed by atoms with Crippen molar-refractivity contribution in [3.05, 3.63) is 89.2 Å². The van der Waals surface area contributed by atoms with Gasteiger partial charge in [-0.1, -0.05) is 42.1 Å². The number of nitrogens with one attached hydrogen (secondary N) is 1. The van der Waals surface area contributed by atoms with Gasteiger partial charge in [-0.15, -0.1) is 11.8 Å². The van der Waals surface area contributed by atoms with Gasteiger partial charge in [-0.25, -0.2) is 9.37 Å². The molecule has 0 amide bonds. The number of thioether (sulfide) groups is 2. The second kappa shape index (κ2) is 8.84. The molecular weight excluding hydrogens is 387 g/mol. The second-order valence-corrected chi connectivity index (χ2v) is 8.62. The highest BCUT2D eigenvalue weighted by Gasteiger charge is 2.08. The molecule has 4 rings (SSSR count). The summed E-state index contributed by atoms with van der Waals surface area (Å²) in [6.45, 7) is 2.17. The van der Waals surface area contributed by atoms with Gasteiger partial charge >= 0.3 is 0 Å². The molecule has 0 aliphatic carbocycles. The van der Waals surface area contributed by atoms with Crippen LogP contribution in [0.5, 0.6) is 0 Å². The highest BCUT2D eigenvalue weighted by Crippen LogP contribution is 2.30. The minimum atomic E-state index is -0.195. The third kappa shape index (κ3) is 4.59. The molecule has 0 aliphatic heterocycles. The van der Waals surface area contributed by atoms with E-state index in [1.165, 1.54) is 22.1 Å². The Morgan fingerprint density at radius 2 is 1.96 bits per heavy atom. The van der Waals surface area contributed by atoms with Crippen LogP contribution >= 0.6 is 23.5 Å². The molecule has 1 heterocycles. The Labute approximate surface area is 173 Å². The van der Waals surface area contributed by atoms with Crippen molar-refractivity contribution in [3.63, 3.8) is 0 Å². The lowest BCUT2D eigenvalue weighted by Gasteiger charge is -2.10. The van der Waals surface area contributed by atoms with Gasteiger partial charge in [-0.05, 0) is 66.4 Å². The zero-order valence-electron chi connectivity index (χ0n) is 15.5. The molecule has 0 aliphatic rings. The van der Waals surface area contributed by atoms with Crippen LogP contribution in [0.2, 0.25) is 0 Å². The van der Waals surface area contributed by atoms with E-state index in [4.69, 9.17) is 0 Å². The van der Waals surface area contributed by atoms with Crippen molar-refractivity contribution in [2.45, 2.75) is 29.1 Å². The molecule has 2 nitrogen and oxygen atoms in total. The number of hydrogen-bond donors (Lipinski definition) is 1. The van der Waals surface area contributed by atoms with Crippen molar-refractivity contribution in [1.82, 2.24) is 9.97 Å². The number of aromatic amines is 1. The lowest BCUT2D eigenvalue weighted by atomic mass is 10.1. The number of aromatic nitrogens is 2. The molecule has 1 N–H and O–H groups in total. The molecule has 3 aromatic carbocycles. The van der Waals surface area contributed by atoms with Gasteiger partial charge in [0, 0.05) is 16.4 Å². The van der Waals surface area contributed by atoms with Crippen LogP contribution in [0.25, 0.3) is 11.0 Å². The maximum absolute atomic E-state index is 13.3. The summed E-state index contributed by atoms with van der Waals surface area (Å²) in [6.07, 6.45) is 0.805. The van der Waals surface area contributed by atoms with E-state index in [1.54, 1.807) is 23.9 Å². The van der Waals surface area contributed by atoms with Crippen LogP contribution in [0.4, 0.5) is 4.39 Å². The first kappa shape index (κ1) is 19.1.